The summed E-state index contributed by atoms with van der Waals surface area (Å²) in [7, 11) is -3.09. The molecule has 0 aliphatic heterocycles. The molecule has 1 unspecified atom stereocenters. The Labute approximate surface area is 102 Å². The van der Waals surface area contributed by atoms with Gasteiger partial charge in [-0.05, 0) is 17.7 Å². The number of ether oxygens (including phenoxy) is 1. The minimum absolute atomic E-state index is 0.427. The second kappa shape index (κ2) is 4.99. The van der Waals surface area contributed by atoms with Gasteiger partial charge in [-0.1, -0.05) is 0 Å². The molecule has 0 radical (unpaired) electrons. The van der Waals surface area contributed by atoms with E-state index in [1.807, 2.05) is 0 Å². The fourth-order valence-corrected chi connectivity index (χ4v) is 2.17. The predicted octanol–water partition coefficient (Wildman–Crippen LogP) is 0.575. The number of carbonyl (C=O) groups excluding carboxylic acids is 1. The van der Waals surface area contributed by atoms with Crippen LogP contribution < -0.4 is 0 Å². The van der Waals surface area contributed by atoms with Crippen LogP contribution in [0.5, 0.6) is 0 Å². The van der Waals surface area contributed by atoms with Gasteiger partial charge in [0.2, 0.25) is 0 Å². The number of carbonyl (C=O) groups is 1. The van der Waals surface area contributed by atoms with Gasteiger partial charge in [0.15, 0.2) is 15.9 Å². The van der Waals surface area contributed by atoms with E-state index in [-0.39, 0.29) is 0 Å². The van der Waals surface area contributed by atoms with E-state index in [0.717, 1.165) is 7.11 Å². The zero-order valence-electron chi connectivity index (χ0n) is 9.48. The van der Waals surface area contributed by atoms with E-state index in [9.17, 15) is 27.1 Å². The fourth-order valence-electron chi connectivity index (χ4n) is 1.34. The normalized spacial score (nSPS) is 13.2. The van der Waals surface area contributed by atoms with Crippen molar-refractivity contribution in [1.29, 1.82) is 0 Å². The monoisotopic (exact) mass is 280 g/mol. The molecule has 0 aliphatic carbocycles. The van der Waals surface area contributed by atoms with Gasteiger partial charge in [0.05, 0.1) is 7.11 Å². The van der Waals surface area contributed by atoms with E-state index in [1.165, 1.54) is 0 Å². The van der Waals surface area contributed by atoms with Crippen molar-refractivity contribution in [3.8, 4) is 0 Å². The van der Waals surface area contributed by atoms with Gasteiger partial charge >= 0.3 is 5.97 Å². The Morgan fingerprint density at radius 3 is 2.11 bits per heavy atom. The standard InChI is InChI=1S/C10H10F2O5S/c1-17-10(14)8(13)5-3-6(11)9(7(12)4-5)18(2,15)16/h3-4,8,13H,1-2H3. The number of rotatable bonds is 3. The smallest absolute Gasteiger partial charge is 0.339 e. The van der Waals surface area contributed by atoms with Gasteiger partial charge in [-0.15, -0.1) is 0 Å². The summed E-state index contributed by atoms with van der Waals surface area (Å²) < 4.78 is 53.3. The lowest BCUT2D eigenvalue weighted by molar-refractivity contribution is -0.150. The highest BCUT2D eigenvalue weighted by Crippen LogP contribution is 2.24. The molecule has 18 heavy (non-hydrogen) atoms. The number of hydrogen-bond acceptors (Lipinski definition) is 5. The molecule has 0 fully saturated rings. The van der Waals surface area contributed by atoms with E-state index in [0.29, 0.717) is 18.4 Å². The van der Waals surface area contributed by atoms with Crippen LogP contribution in [0, 0.1) is 11.6 Å². The maximum Gasteiger partial charge on any atom is 0.339 e. The highest BCUT2D eigenvalue weighted by Gasteiger charge is 2.25. The number of methoxy groups -OCH3 is 1. The van der Waals surface area contributed by atoms with Gasteiger partial charge in [0.1, 0.15) is 16.5 Å². The molecule has 0 spiro atoms. The van der Waals surface area contributed by atoms with Crippen LogP contribution in [0.4, 0.5) is 8.78 Å². The molecule has 1 aromatic carbocycles. The van der Waals surface area contributed by atoms with Gasteiger partial charge in [0, 0.05) is 6.26 Å². The fraction of sp³-hybridized carbons (Fsp3) is 0.300. The van der Waals surface area contributed by atoms with Gasteiger partial charge < -0.3 is 9.84 Å². The Morgan fingerprint density at radius 2 is 1.78 bits per heavy atom. The molecule has 8 heteroatoms. The molecule has 0 saturated heterocycles. The van der Waals surface area contributed by atoms with Crippen LogP contribution in [0.25, 0.3) is 0 Å². The Kier molecular flexibility index (Phi) is 4.02. The van der Waals surface area contributed by atoms with Crippen molar-refractivity contribution in [3.63, 3.8) is 0 Å². The SMILES string of the molecule is COC(=O)C(O)c1cc(F)c(S(C)(=O)=O)c(F)c1. The predicted molar refractivity (Wildman–Crippen MR) is 56.4 cm³/mol. The molecule has 0 bridgehead atoms. The molecule has 5 nitrogen and oxygen atoms in total. The quantitative estimate of drug-likeness (QED) is 0.819. The lowest BCUT2D eigenvalue weighted by atomic mass is 10.1. The van der Waals surface area contributed by atoms with Crippen molar-refractivity contribution >= 4 is 15.8 Å². The molecule has 100 valence electrons. The lowest BCUT2D eigenvalue weighted by Gasteiger charge is -2.10. The third-order valence-corrected chi connectivity index (χ3v) is 3.26. The van der Waals surface area contributed by atoms with Crippen molar-refractivity contribution < 1.29 is 31.8 Å². The number of esters is 1. The van der Waals surface area contributed by atoms with Gasteiger partial charge in [-0.3, -0.25) is 0 Å². The molecule has 1 atom stereocenters. The Morgan fingerprint density at radius 1 is 1.33 bits per heavy atom. The van der Waals surface area contributed by atoms with Gasteiger partial charge in [-0.2, -0.15) is 0 Å². The lowest BCUT2D eigenvalue weighted by Crippen LogP contribution is -2.15. The molecular formula is C10H10F2O5S. The first kappa shape index (κ1) is 14.5. The third kappa shape index (κ3) is 2.82. The second-order valence-electron chi connectivity index (χ2n) is 3.51. The summed E-state index contributed by atoms with van der Waals surface area (Å²) in [4.78, 5) is 9.87. The summed E-state index contributed by atoms with van der Waals surface area (Å²) in [5, 5.41) is 9.37. The van der Waals surface area contributed by atoms with Crippen LogP contribution in [-0.2, 0) is 19.4 Å². The average Bonchev–Trinajstić information content (AvgIpc) is 2.23. The highest BCUT2D eigenvalue weighted by atomic mass is 32.2. The molecule has 1 aromatic rings. The van der Waals surface area contributed by atoms with Crippen LogP contribution in [-0.4, -0.2) is 32.9 Å². The average molecular weight is 280 g/mol. The van der Waals surface area contributed by atoms with Crippen LogP contribution in [0.2, 0.25) is 0 Å². The maximum absolute atomic E-state index is 13.5. The van der Waals surface area contributed by atoms with E-state index in [4.69, 9.17) is 0 Å². The Bertz CT molecular complexity index is 559. The maximum atomic E-state index is 13.5. The van der Waals surface area contributed by atoms with Crippen molar-refractivity contribution in [2.24, 2.45) is 0 Å². The Hall–Kier alpha value is -1.54. The minimum Gasteiger partial charge on any atom is -0.467 e. The summed E-state index contributed by atoms with van der Waals surface area (Å²) in [6.07, 6.45) is -1.24. The van der Waals surface area contributed by atoms with E-state index >= 15 is 0 Å². The van der Waals surface area contributed by atoms with Gasteiger partial charge in [-0.25, -0.2) is 22.0 Å². The molecule has 1 N–H and O–H groups in total. The first-order valence-corrected chi connectivity index (χ1v) is 6.52. The highest BCUT2D eigenvalue weighted by molar-refractivity contribution is 7.90. The number of hydrogen-bond donors (Lipinski definition) is 1. The van der Waals surface area contributed by atoms with E-state index < -0.39 is 44.0 Å². The molecule has 0 aromatic heterocycles. The summed E-state index contributed by atoms with van der Waals surface area (Å²) in [5.41, 5.74) is -0.427. The number of aliphatic hydroxyl groups excluding tert-OH is 1. The number of aliphatic hydroxyl groups is 1. The van der Waals surface area contributed by atoms with Crippen molar-refractivity contribution in [3.05, 3.63) is 29.3 Å². The minimum atomic E-state index is -4.08. The zero-order valence-corrected chi connectivity index (χ0v) is 10.3. The van der Waals surface area contributed by atoms with Crippen molar-refractivity contribution in [2.75, 3.05) is 13.4 Å². The third-order valence-electron chi connectivity index (χ3n) is 2.13. The second-order valence-corrected chi connectivity index (χ2v) is 5.46. The number of halogens is 2. The first-order chi connectivity index (χ1) is 8.18. The van der Waals surface area contributed by atoms with Crippen LogP contribution >= 0.6 is 0 Å². The van der Waals surface area contributed by atoms with Crippen molar-refractivity contribution in [2.45, 2.75) is 11.0 Å². The topological polar surface area (TPSA) is 80.7 Å². The zero-order chi connectivity index (χ0) is 14.1. The largest absolute Gasteiger partial charge is 0.467 e. The van der Waals surface area contributed by atoms with Crippen LogP contribution in [0.1, 0.15) is 11.7 Å². The van der Waals surface area contributed by atoms with Crippen molar-refractivity contribution in [1.82, 2.24) is 0 Å². The van der Waals surface area contributed by atoms with E-state index in [2.05, 4.69) is 4.74 Å². The van der Waals surface area contributed by atoms with Crippen LogP contribution in [0.15, 0.2) is 17.0 Å². The number of sulfone groups is 1. The summed E-state index contributed by atoms with van der Waals surface area (Å²) >= 11 is 0. The van der Waals surface area contributed by atoms with E-state index in [1.54, 1.807) is 0 Å². The number of benzene rings is 1. The molecule has 0 saturated carbocycles. The van der Waals surface area contributed by atoms with Gasteiger partial charge in [0.25, 0.3) is 0 Å². The molecule has 0 aliphatic rings. The molecule has 1 rings (SSSR count). The van der Waals surface area contributed by atoms with Crippen LogP contribution in [0.3, 0.4) is 0 Å². The summed E-state index contributed by atoms with van der Waals surface area (Å²) in [6.45, 7) is 0. The summed E-state index contributed by atoms with van der Waals surface area (Å²) in [6, 6.07) is 1.14. The Balaban J connectivity index is 3.36. The molecular weight excluding hydrogens is 270 g/mol. The summed E-state index contributed by atoms with van der Waals surface area (Å²) in [5.74, 6) is -3.87. The first-order valence-electron chi connectivity index (χ1n) is 4.63. The molecule has 0 heterocycles. The molecule has 0 amide bonds.